The number of ether oxygens (including phenoxy) is 1. The van der Waals surface area contributed by atoms with Crippen molar-refractivity contribution in [3.05, 3.63) is 51.5 Å². The lowest BCUT2D eigenvalue weighted by Gasteiger charge is -2.03. The van der Waals surface area contributed by atoms with Gasteiger partial charge < -0.3 is 9.72 Å². The molecule has 0 radical (unpaired) electrons. The Labute approximate surface area is 150 Å². The standard InChI is InChI=1S/C20H20N2O2S/c1-3-24-20(23)18-14-8-6-10-17(14)25-19(18)21-11-15-12(2)22-16-9-5-4-7-13(15)16/h4-5,7,9,11,22H,3,6,8,10H2,1-2H3. The Kier molecular flexibility index (Phi) is 4.17. The third kappa shape index (κ3) is 2.78. The average Bonchev–Trinajstić information content (AvgIpc) is 3.24. The zero-order chi connectivity index (χ0) is 17.4. The fourth-order valence-corrected chi connectivity index (χ4v) is 4.70. The van der Waals surface area contributed by atoms with Crippen LogP contribution in [-0.2, 0) is 17.6 Å². The zero-order valence-corrected chi connectivity index (χ0v) is 15.2. The van der Waals surface area contributed by atoms with E-state index >= 15 is 0 Å². The Hall–Kier alpha value is -2.40. The van der Waals surface area contributed by atoms with Gasteiger partial charge in [0.05, 0.1) is 12.2 Å². The van der Waals surface area contributed by atoms with Crippen LogP contribution in [-0.4, -0.2) is 23.8 Å². The number of hydrogen-bond acceptors (Lipinski definition) is 4. The topological polar surface area (TPSA) is 54.4 Å². The molecular formula is C20H20N2O2S. The van der Waals surface area contributed by atoms with E-state index in [1.807, 2.05) is 32.2 Å². The molecule has 1 aliphatic carbocycles. The highest BCUT2D eigenvalue weighted by atomic mass is 32.1. The molecule has 1 aromatic carbocycles. The molecule has 0 atom stereocenters. The fraction of sp³-hybridized carbons (Fsp3) is 0.300. The highest BCUT2D eigenvalue weighted by Crippen LogP contribution is 2.41. The number of para-hydroxylation sites is 1. The number of hydrogen-bond donors (Lipinski definition) is 1. The van der Waals surface area contributed by atoms with Gasteiger partial charge in [-0.15, -0.1) is 11.3 Å². The molecule has 0 aliphatic heterocycles. The molecule has 1 aliphatic rings. The first-order valence-electron chi connectivity index (χ1n) is 8.62. The number of carbonyl (C=O) groups excluding carboxylic acids is 1. The van der Waals surface area contributed by atoms with Crippen molar-refractivity contribution in [1.82, 2.24) is 4.98 Å². The van der Waals surface area contributed by atoms with Crippen LogP contribution in [0.2, 0.25) is 0 Å². The first kappa shape index (κ1) is 16.1. The van der Waals surface area contributed by atoms with Crippen LogP contribution < -0.4 is 0 Å². The minimum Gasteiger partial charge on any atom is -0.462 e. The van der Waals surface area contributed by atoms with E-state index in [2.05, 4.69) is 17.1 Å². The number of thiophene rings is 1. The summed E-state index contributed by atoms with van der Waals surface area (Å²) in [5, 5.41) is 1.92. The summed E-state index contributed by atoms with van der Waals surface area (Å²) in [6, 6.07) is 8.18. The molecule has 5 heteroatoms. The number of esters is 1. The van der Waals surface area contributed by atoms with Crippen LogP contribution in [0.3, 0.4) is 0 Å². The van der Waals surface area contributed by atoms with Crippen molar-refractivity contribution in [2.24, 2.45) is 4.99 Å². The summed E-state index contributed by atoms with van der Waals surface area (Å²) in [6.07, 6.45) is 4.96. The van der Waals surface area contributed by atoms with Gasteiger partial charge in [0, 0.05) is 33.3 Å². The van der Waals surface area contributed by atoms with Gasteiger partial charge in [-0.2, -0.15) is 0 Å². The van der Waals surface area contributed by atoms with Crippen molar-refractivity contribution in [2.75, 3.05) is 6.61 Å². The molecular weight excluding hydrogens is 332 g/mol. The van der Waals surface area contributed by atoms with E-state index in [0.29, 0.717) is 12.2 Å². The maximum absolute atomic E-state index is 12.4. The second kappa shape index (κ2) is 6.48. The second-order valence-electron chi connectivity index (χ2n) is 6.23. The van der Waals surface area contributed by atoms with Crippen molar-refractivity contribution in [1.29, 1.82) is 0 Å². The molecule has 128 valence electrons. The Morgan fingerprint density at radius 2 is 2.20 bits per heavy atom. The van der Waals surface area contributed by atoms with Crippen LogP contribution in [0.5, 0.6) is 0 Å². The van der Waals surface area contributed by atoms with E-state index in [1.54, 1.807) is 11.3 Å². The van der Waals surface area contributed by atoms with Crippen molar-refractivity contribution in [3.8, 4) is 0 Å². The quantitative estimate of drug-likeness (QED) is 0.533. The lowest BCUT2D eigenvalue weighted by atomic mass is 10.1. The van der Waals surface area contributed by atoms with Gasteiger partial charge in [0.1, 0.15) is 5.00 Å². The van der Waals surface area contributed by atoms with Gasteiger partial charge in [-0.1, -0.05) is 18.2 Å². The number of nitrogens with one attached hydrogen (secondary N) is 1. The SMILES string of the molecule is CCOC(=O)c1c(N=Cc2c(C)[nH]c3ccccc23)sc2c1CCC2. The summed E-state index contributed by atoms with van der Waals surface area (Å²) in [6.45, 7) is 4.26. The molecule has 0 saturated heterocycles. The van der Waals surface area contributed by atoms with E-state index < -0.39 is 0 Å². The van der Waals surface area contributed by atoms with Gasteiger partial charge >= 0.3 is 5.97 Å². The number of aliphatic imine (C=N–C) groups is 1. The molecule has 0 fully saturated rings. The molecule has 0 spiro atoms. The van der Waals surface area contributed by atoms with Crippen molar-refractivity contribution in [2.45, 2.75) is 33.1 Å². The number of nitrogens with zero attached hydrogens (tertiary/aromatic N) is 1. The molecule has 4 nitrogen and oxygen atoms in total. The Balaban J connectivity index is 1.76. The normalized spacial score (nSPS) is 13.7. The van der Waals surface area contributed by atoms with E-state index in [0.717, 1.165) is 52.0 Å². The first-order valence-corrected chi connectivity index (χ1v) is 9.43. The summed E-state index contributed by atoms with van der Waals surface area (Å²) in [7, 11) is 0. The van der Waals surface area contributed by atoms with Crippen LogP contribution in [0.1, 0.15) is 45.4 Å². The number of benzene rings is 1. The second-order valence-corrected chi connectivity index (χ2v) is 7.31. The molecule has 0 unspecified atom stereocenters. The highest BCUT2D eigenvalue weighted by Gasteiger charge is 2.27. The molecule has 0 saturated carbocycles. The number of carbonyl (C=O) groups is 1. The van der Waals surface area contributed by atoms with Crippen molar-refractivity contribution < 1.29 is 9.53 Å². The van der Waals surface area contributed by atoms with Gasteiger partial charge in [0.15, 0.2) is 0 Å². The van der Waals surface area contributed by atoms with Crippen LogP contribution in [0, 0.1) is 6.92 Å². The largest absolute Gasteiger partial charge is 0.462 e. The van der Waals surface area contributed by atoms with Crippen LogP contribution in [0.25, 0.3) is 10.9 Å². The van der Waals surface area contributed by atoms with Gasteiger partial charge in [-0.3, -0.25) is 0 Å². The van der Waals surface area contributed by atoms with Crippen LogP contribution in [0.4, 0.5) is 5.00 Å². The van der Waals surface area contributed by atoms with E-state index in [-0.39, 0.29) is 5.97 Å². The molecule has 25 heavy (non-hydrogen) atoms. The Morgan fingerprint density at radius 1 is 1.36 bits per heavy atom. The molecule has 2 aromatic heterocycles. The summed E-state index contributed by atoms with van der Waals surface area (Å²) in [5.74, 6) is -0.246. The highest BCUT2D eigenvalue weighted by molar-refractivity contribution is 7.16. The van der Waals surface area contributed by atoms with Gasteiger partial charge in [-0.25, -0.2) is 9.79 Å². The maximum atomic E-state index is 12.4. The number of aromatic amines is 1. The molecule has 0 bridgehead atoms. The summed E-state index contributed by atoms with van der Waals surface area (Å²) >= 11 is 1.63. The lowest BCUT2D eigenvalue weighted by molar-refractivity contribution is 0.0527. The van der Waals surface area contributed by atoms with Gasteiger partial charge in [0.2, 0.25) is 0 Å². The fourth-order valence-electron chi connectivity index (χ4n) is 3.48. The predicted molar refractivity (Wildman–Crippen MR) is 103 cm³/mol. The Morgan fingerprint density at radius 3 is 3.04 bits per heavy atom. The van der Waals surface area contributed by atoms with E-state index in [1.165, 1.54) is 4.88 Å². The summed E-state index contributed by atoms with van der Waals surface area (Å²) in [5.41, 5.74) is 5.06. The van der Waals surface area contributed by atoms with Crippen molar-refractivity contribution in [3.63, 3.8) is 0 Å². The zero-order valence-electron chi connectivity index (χ0n) is 14.4. The monoisotopic (exact) mass is 352 g/mol. The summed E-state index contributed by atoms with van der Waals surface area (Å²) in [4.78, 5) is 21.8. The number of fused-ring (bicyclic) bond motifs is 2. The van der Waals surface area contributed by atoms with Gasteiger partial charge in [0.25, 0.3) is 0 Å². The minimum atomic E-state index is -0.246. The Bertz CT molecular complexity index is 981. The molecule has 2 heterocycles. The number of aromatic nitrogens is 1. The third-order valence-corrected chi connectivity index (χ3v) is 5.84. The number of H-pyrrole nitrogens is 1. The average molecular weight is 352 g/mol. The molecule has 0 amide bonds. The number of aryl methyl sites for hydroxylation is 2. The maximum Gasteiger partial charge on any atom is 0.341 e. The smallest absolute Gasteiger partial charge is 0.341 e. The van der Waals surface area contributed by atoms with Gasteiger partial charge in [-0.05, 0) is 44.7 Å². The third-order valence-electron chi connectivity index (χ3n) is 4.64. The van der Waals surface area contributed by atoms with Crippen LogP contribution in [0.15, 0.2) is 29.3 Å². The first-order chi connectivity index (χ1) is 12.2. The summed E-state index contributed by atoms with van der Waals surface area (Å²) < 4.78 is 5.27. The van der Waals surface area contributed by atoms with Crippen LogP contribution >= 0.6 is 11.3 Å². The van der Waals surface area contributed by atoms with E-state index in [4.69, 9.17) is 9.73 Å². The number of rotatable bonds is 4. The molecule has 4 rings (SSSR count). The molecule has 1 N–H and O–H groups in total. The molecule has 3 aromatic rings. The lowest BCUT2D eigenvalue weighted by Crippen LogP contribution is -2.06. The van der Waals surface area contributed by atoms with Crippen molar-refractivity contribution >= 4 is 39.4 Å². The minimum absolute atomic E-state index is 0.246. The van der Waals surface area contributed by atoms with E-state index in [9.17, 15) is 4.79 Å². The predicted octanol–water partition coefficient (Wildman–Crippen LogP) is 4.95.